The predicted molar refractivity (Wildman–Crippen MR) is 82.1 cm³/mol. The number of alkyl halides is 3. The van der Waals surface area contributed by atoms with Crippen LogP contribution in [0.5, 0.6) is 0 Å². The molecular weight excluding hydrogens is 333 g/mol. The largest absolute Gasteiger partial charge is 0.417 e. The van der Waals surface area contributed by atoms with Gasteiger partial charge in [-0.3, -0.25) is 9.59 Å². The van der Waals surface area contributed by atoms with Crippen molar-refractivity contribution in [2.24, 2.45) is 5.41 Å². The van der Waals surface area contributed by atoms with Gasteiger partial charge in [-0.1, -0.05) is 17.7 Å². The molecule has 0 saturated heterocycles. The van der Waals surface area contributed by atoms with Gasteiger partial charge >= 0.3 is 6.18 Å². The molecule has 2 N–H and O–H groups in total. The maximum atomic E-state index is 12.8. The molecule has 2 amide bonds. The van der Waals surface area contributed by atoms with Crippen LogP contribution in [0, 0.1) is 5.41 Å². The van der Waals surface area contributed by atoms with Crippen LogP contribution in [0.1, 0.15) is 19.4 Å². The first kappa shape index (κ1) is 19.0. The lowest BCUT2D eigenvalue weighted by Crippen LogP contribution is -2.45. The molecule has 1 aromatic carbocycles. The van der Waals surface area contributed by atoms with Crippen LogP contribution in [0.4, 0.5) is 18.9 Å². The number of carbonyl (C=O) groups is 2. The zero-order valence-corrected chi connectivity index (χ0v) is 13.3. The highest BCUT2D eigenvalue weighted by Crippen LogP contribution is 2.36. The van der Waals surface area contributed by atoms with E-state index in [-0.39, 0.29) is 12.2 Å². The van der Waals surface area contributed by atoms with Crippen LogP contribution in [0.15, 0.2) is 30.9 Å². The summed E-state index contributed by atoms with van der Waals surface area (Å²) in [5, 5.41) is 4.29. The van der Waals surface area contributed by atoms with Gasteiger partial charge in [0.2, 0.25) is 11.8 Å². The van der Waals surface area contributed by atoms with Crippen LogP contribution < -0.4 is 10.6 Å². The molecule has 0 fully saturated rings. The summed E-state index contributed by atoms with van der Waals surface area (Å²) in [6, 6.07) is 2.98. The van der Waals surface area contributed by atoms with Crippen LogP contribution in [0.25, 0.3) is 0 Å². The lowest BCUT2D eigenvalue weighted by Gasteiger charge is -2.22. The SMILES string of the molecule is C=CCNC(=O)C(C)(C)C(=O)Nc1ccc(Cl)c(C(F)(F)F)c1. The Balaban J connectivity index is 2.97. The van der Waals surface area contributed by atoms with E-state index in [4.69, 9.17) is 11.6 Å². The fourth-order valence-electron chi connectivity index (χ4n) is 1.60. The topological polar surface area (TPSA) is 58.2 Å². The molecule has 0 aliphatic carbocycles. The summed E-state index contributed by atoms with van der Waals surface area (Å²) in [6.07, 6.45) is -3.20. The monoisotopic (exact) mass is 348 g/mol. The number of halogens is 4. The van der Waals surface area contributed by atoms with Crippen molar-refractivity contribution in [3.05, 3.63) is 41.4 Å². The summed E-state index contributed by atoms with van der Waals surface area (Å²) in [4.78, 5) is 24.1. The minimum atomic E-state index is -4.64. The Bertz CT molecular complexity index is 628. The molecule has 0 unspecified atom stereocenters. The summed E-state index contributed by atoms with van der Waals surface area (Å²) in [6.45, 7) is 6.33. The Morgan fingerprint density at radius 3 is 2.39 bits per heavy atom. The smallest absolute Gasteiger partial charge is 0.352 e. The Morgan fingerprint density at radius 2 is 1.87 bits per heavy atom. The predicted octanol–water partition coefficient (Wildman–Crippen LogP) is 3.63. The van der Waals surface area contributed by atoms with Crippen molar-refractivity contribution < 1.29 is 22.8 Å². The number of rotatable bonds is 5. The van der Waals surface area contributed by atoms with Crippen molar-refractivity contribution in [2.45, 2.75) is 20.0 Å². The number of benzene rings is 1. The van der Waals surface area contributed by atoms with Crippen LogP contribution in [-0.4, -0.2) is 18.4 Å². The number of hydrogen-bond acceptors (Lipinski definition) is 2. The maximum Gasteiger partial charge on any atom is 0.417 e. The quantitative estimate of drug-likeness (QED) is 0.630. The third-order valence-corrected chi connectivity index (χ3v) is 3.40. The second kappa shape index (κ2) is 7.04. The van der Waals surface area contributed by atoms with Gasteiger partial charge in [0.05, 0.1) is 10.6 Å². The van der Waals surface area contributed by atoms with Gasteiger partial charge in [-0.2, -0.15) is 13.2 Å². The fourth-order valence-corrected chi connectivity index (χ4v) is 1.82. The van der Waals surface area contributed by atoms with Crippen molar-refractivity contribution in [1.82, 2.24) is 5.32 Å². The van der Waals surface area contributed by atoms with Gasteiger partial charge in [0.1, 0.15) is 5.41 Å². The first-order chi connectivity index (χ1) is 10.5. The number of nitrogens with one attached hydrogen (secondary N) is 2. The normalized spacial score (nSPS) is 11.7. The molecule has 0 spiro atoms. The van der Waals surface area contributed by atoms with Gasteiger partial charge < -0.3 is 10.6 Å². The van der Waals surface area contributed by atoms with E-state index in [2.05, 4.69) is 17.2 Å². The Labute approximate surface area is 136 Å². The molecule has 126 valence electrons. The van der Waals surface area contributed by atoms with Crippen LogP contribution in [0.3, 0.4) is 0 Å². The van der Waals surface area contributed by atoms with Crippen molar-refractivity contribution in [1.29, 1.82) is 0 Å². The lowest BCUT2D eigenvalue weighted by atomic mass is 9.91. The van der Waals surface area contributed by atoms with Gasteiger partial charge in [-0.25, -0.2) is 0 Å². The van der Waals surface area contributed by atoms with E-state index in [1.165, 1.54) is 26.0 Å². The van der Waals surface area contributed by atoms with Crippen molar-refractivity contribution in [3.63, 3.8) is 0 Å². The molecule has 0 aromatic heterocycles. The average Bonchev–Trinajstić information content (AvgIpc) is 2.45. The van der Waals surface area contributed by atoms with Crippen LogP contribution >= 0.6 is 11.6 Å². The molecule has 1 rings (SSSR count). The van der Waals surface area contributed by atoms with Crippen LogP contribution in [0.2, 0.25) is 5.02 Å². The average molecular weight is 349 g/mol. The molecule has 0 atom stereocenters. The summed E-state index contributed by atoms with van der Waals surface area (Å²) < 4.78 is 38.4. The van der Waals surface area contributed by atoms with Crippen molar-refractivity contribution >= 4 is 29.1 Å². The fraction of sp³-hybridized carbons (Fsp3) is 0.333. The van der Waals surface area contributed by atoms with Gasteiger partial charge in [-0.05, 0) is 32.0 Å². The molecule has 4 nitrogen and oxygen atoms in total. The van der Waals surface area contributed by atoms with E-state index in [9.17, 15) is 22.8 Å². The van der Waals surface area contributed by atoms with E-state index in [1.807, 2.05) is 0 Å². The van der Waals surface area contributed by atoms with Gasteiger partial charge in [0, 0.05) is 12.2 Å². The van der Waals surface area contributed by atoms with E-state index in [0.29, 0.717) is 0 Å². The molecule has 0 bridgehead atoms. The second-order valence-electron chi connectivity index (χ2n) is 5.27. The van der Waals surface area contributed by atoms with Crippen LogP contribution in [-0.2, 0) is 15.8 Å². The molecule has 0 radical (unpaired) electrons. The first-order valence-electron chi connectivity index (χ1n) is 6.57. The molecular formula is C15H16ClF3N2O2. The zero-order chi connectivity index (χ0) is 17.8. The third-order valence-electron chi connectivity index (χ3n) is 3.07. The van der Waals surface area contributed by atoms with Crippen molar-refractivity contribution in [3.8, 4) is 0 Å². The van der Waals surface area contributed by atoms with E-state index >= 15 is 0 Å². The number of anilines is 1. The molecule has 0 aliphatic heterocycles. The van der Waals surface area contributed by atoms with E-state index < -0.39 is 34.0 Å². The zero-order valence-electron chi connectivity index (χ0n) is 12.6. The Kier molecular flexibility index (Phi) is 5.82. The number of hydrogen-bond donors (Lipinski definition) is 2. The minimum absolute atomic E-state index is 0.101. The highest BCUT2D eigenvalue weighted by atomic mass is 35.5. The molecule has 23 heavy (non-hydrogen) atoms. The van der Waals surface area contributed by atoms with E-state index in [0.717, 1.165) is 12.1 Å². The second-order valence-corrected chi connectivity index (χ2v) is 5.68. The highest BCUT2D eigenvalue weighted by molar-refractivity contribution is 6.31. The lowest BCUT2D eigenvalue weighted by molar-refractivity contribution is -0.139. The highest BCUT2D eigenvalue weighted by Gasteiger charge is 2.37. The summed E-state index contributed by atoms with van der Waals surface area (Å²) >= 11 is 5.51. The third kappa shape index (κ3) is 4.72. The Morgan fingerprint density at radius 1 is 1.26 bits per heavy atom. The minimum Gasteiger partial charge on any atom is -0.352 e. The Hall–Kier alpha value is -2.02. The molecule has 0 heterocycles. The maximum absolute atomic E-state index is 12.8. The summed E-state index contributed by atoms with van der Waals surface area (Å²) in [5.41, 5.74) is -2.64. The standard InChI is InChI=1S/C15H16ClF3N2O2/c1-4-7-20-12(22)14(2,3)13(23)21-9-5-6-11(16)10(8-9)15(17,18)19/h4-6,8H,1,7H2,2-3H3,(H,20,22)(H,21,23). The summed E-state index contributed by atoms with van der Waals surface area (Å²) in [7, 11) is 0. The van der Waals surface area contributed by atoms with E-state index in [1.54, 1.807) is 0 Å². The molecule has 0 aliphatic rings. The number of carbonyl (C=O) groups excluding carboxylic acids is 2. The van der Waals surface area contributed by atoms with Crippen molar-refractivity contribution in [2.75, 3.05) is 11.9 Å². The number of amides is 2. The first-order valence-corrected chi connectivity index (χ1v) is 6.95. The molecule has 1 aromatic rings. The van der Waals surface area contributed by atoms with Gasteiger partial charge in [-0.15, -0.1) is 6.58 Å². The van der Waals surface area contributed by atoms with Gasteiger partial charge in [0.15, 0.2) is 0 Å². The van der Waals surface area contributed by atoms with Gasteiger partial charge in [0.25, 0.3) is 0 Å². The summed E-state index contributed by atoms with van der Waals surface area (Å²) in [5.74, 6) is -1.31. The molecule has 8 heteroatoms. The molecule has 0 saturated carbocycles.